The van der Waals surface area contributed by atoms with Crippen LogP contribution in [0.2, 0.25) is 0 Å². The van der Waals surface area contributed by atoms with E-state index in [2.05, 4.69) is 5.32 Å². The van der Waals surface area contributed by atoms with Gasteiger partial charge < -0.3 is 19.9 Å². The standard InChI is InChI=1S/C23H25N3O5/c27-20(11-15-4-2-1-3-5-15)24-18-6-7-19-17-10-16(13-26(19)23(18)31)12-25(14-17)21(28)8-9-22(29)30/h1-7,16-17H,8-14H2,(H,24,27)(H,29,30)/t16-,17+/m0/s1. The molecule has 31 heavy (non-hydrogen) atoms. The number of amides is 2. The van der Waals surface area contributed by atoms with Crippen LogP contribution in [0.25, 0.3) is 0 Å². The first-order valence-electron chi connectivity index (χ1n) is 10.5. The minimum atomic E-state index is -0.982. The van der Waals surface area contributed by atoms with E-state index in [-0.39, 0.29) is 54.2 Å². The van der Waals surface area contributed by atoms with Gasteiger partial charge in [0.05, 0.1) is 12.8 Å². The molecule has 162 valence electrons. The highest BCUT2D eigenvalue weighted by molar-refractivity contribution is 5.92. The van der Waals surface area contributed by atoms with Crippen LogP contribution in [0.5, 0.6) is 0 Å². The molecule has 4 rings (SSSR count). The molecule has 0 spiro atoms. The molecule has 2 bridgehead atoms. The molecule has 2 atom stereocenters. The number of fused-ring (bicyclic) bond motifs is 4. The molecule has 2 amide bonds. The Morgan fingerprint density at radius 2 is 1.77 bits per heavy atom. The normalized spacial score (nSPS) is 19.4. The Balaban J connectivity index is 1.47. The molecule has 0 saturated carbocycles. The van der Waals surface area contributed by atoms with Crippen molar-refractivity contribution in [1.82, 2.24) is 9.47 Å². The first kappa shape index (κ1) is 20.8. The number of nitrogens with one attached hydrogen (secondary N) is 1. The third kappa shape index (κ3) is 4.68. The number of aliphatic carboxylic acids is 1. The van der Waals surface area contributed by atoms with Gasteiger partial charge in [0.1, 0.15) is 5.69 Å². The Labute approximate surface area is 179 Å². The molecule has 1 aromatic heterocycles. The van der Waals surface area contributed by atoms with E-state index in [1.165, 1.54) is 0 Å². The van der Waals surface area contributed by atoms with E-state index in [1.807, 2.05) is 36.4 Å². The van der Waals surface area contributed by atoms with Crippen molar-refractivity contribution in [3.63, 3.8) is 0 Å². The summed E-state index contributed by atoms with van der Waals surface area (Å²) in [6.45, 7) is 1.48. The molecular weight excluding hydrogens is 398 g/mol. The molecule has 0 aliphatic carbocycles. The lowest BCUT2D eigenvalue weighted by Gasteiger charge is -2.43. The van der Waals surface area contributed by atoms with Crippen LogP contribution in [0.4, 0.5) is 5.69 Å². The van der Waals surface area contributed by atoms with Gasteiger partial charge in [-0.05, 0) is 30.0 Å². The van der Waals surface area contributed by atoms with Crippen LogP contribution in [-0.4, -0.2) is 45.4 Å². The Morgan fingerprint density at radius 3 is 2.52 bits per heavy atom. The average molecular weight is 423 g/mol. The summed E-state index contributed by atoms with van der Waals surface area (Å²) in [5, 5.41) is 11.6. The summed E-state index contributed by atoms with van der Waals surface area (Å²) in [7, 11) is 0. The molecule has 2 aromatic rings. The van der Waals surface area contributed by atoms with Crippen molar-refractivity contribution in [1.29, 1.82) is 0 Å². The summed E-state index contributed by atoms with van der Waals surface area (Å²) in [5.41, 5.74) is 1.77. The van der Waals surface area contributed by atoms with Crippen LogP contribution in [0.1, 0.15) is 36.4 Å². The second kappa shape index (κ2) is 8.75. The molecule has 0 unspecified atom stereocenters. The molecule has 8 nitrogen and oxygen atoms in total. The summed E-state index contributed by atoms with van der Waals surface area (Å²) in [6, 6.07) is 12.8. The van der Waals surface area contributed by atoms with E-state index in [4.69, 9.17) is 5.11 Å². The summed E-state index contributed by atoms with van der Waals surface area (Å²) in [6.07, 6.45) is 0.906. The molecule has 1 aromatic carbocycles. The van der Waals surface area contributed by atoms with Crippen LogP contribution in [0, 0.1) is 5.92 Å². The zero-order chi connectivity index (χ0) is 22.0. The van der Waals surface area contributed by atoms with Crippen molar-refractivity contribution in [3.05, 3.63) is 64.1 Å². The van der Waals surface area contributed by atoms with E-state index in [0.29, 0.717) is 19.6 Å². The molecular formula is C23H25N3O5. The maximum absolute atomic E-state index is 13.0. The van der Waals surface area contributed by atoms with Crippen LogP contribution < -0.4 is 10.9 Å². The van der Waals surface area contributed by atoms with Crippen LogP contribution in [0.3, 0.4) is 0 Å². The van der Waals surface area contributed by atoms with E-state index < -0.39 is 5.97 Å². The largest absolute Gasteiger partial charge is 0.481 e. The summed E-state index contributed by atoms with van der Waals surface area (Å²) >= 11 is 0. The maximum atomic E-state index is 13.0. The maximum Gasteiger partial charge on any atom is 0.303 e. The van der Waals surface area contributed by atoms with Gasteiger partial charge in [-0.15, -0.1) is 0 Å². The number of likely N-dealkylation sites (tertiary alicyclic amines) is 1. The van der Waals surface area contributed by atoms with E-state index in [0.717, 1.165) is 17.7 Å². The molecule has 2 N–H and O–H groups in total. The quantitative estimate of drug-likeness (QED) is 0.737. The summed E-state index contributed by atoms with van der Waals surface area (Å²) in [4.78, 5) is 50.3. The fourth-order valence-electron chi connectivity index (χ4n) is 4.59. The minimum absolute atomic E-state index is 0.00599. The van der Waals surface area contributed by atoms with E-state index in [9.17, 15) is 19.2 Å². The smallest absolute Gasteiger partial charge is 0.303 e. The molecule has 2 aliphatic rings. The number of nitrogens with zero attached hydrogens (tertiary/aromatic N) is 2. The van der Waals surface area contributed by atoms with Crippen molar-refractivity contribution in [2.75, 3.05) is 18.4 Å². The third-order valence-corrected chi connectivity index (χ3v) is 5.99. The molecule has 8 heteroatoms. The van der Waals surface area contributed by atoms with Gasteiger partial charge >= 0.3 is 5.97 Å². The fourth-order valence-corrected chi connectivity index (χ4v) is 4.59. The lowest BCUT2D eigenvalue weighted by atomic mass is 9.83. The minimum Gasteiger partial charge on any atom is -0.481 e. The van der Waals surface area contributed by atoms with Crippen molar-refractivity contribution >= 4 is 23.5 Å². The van der Waals surface area contributed by atoms with Gasteiger partial charge in [0.2, 0.25) is 11.8 Å². The molecule has 1 fully saturated rings. The topological polar surface area (TPSA) is 109 Å². The van der Waals surface area contributed by atoms with E-state index in [1.54, 1.807) is 15.5 Å². The predicted octanol–water partition coefficient (Wildman–Crippen LogP) is 1.84. The molecule has 2 aliphatic heterocycles. The van der Waals surface area contributed by atoms with Gasteiger partial charge in [0.25, 0.3) is 5.56 Å². The Morgan fingerprint density at radius 1 is 1.00 bits per heavy atom. The molecule has 1 saturated heterocycles. The molecule has 3 heterocycles. The summed E-state index contributed by atoms with van der Waals surface area (Å²) < 4.78 is 1.72. The Kier molecular flexibility index (Phi) is 5.88. The second-order valence-electron chi connectivity index (χ2n) is 8.29. The average Bonchev–Trinajstić information content (AvgIpc) is 2.75. The number of aromatic nitrogens is 1. The van der Waals surface area contributed by atoms with Crippen molar-refractivity contribution in [2.24, 2.45) is 5.92 Å². The number of carboxylic acid groups (broad SMARTS) is 1. The number of benzene rings is 1. The highest BCUT2D eigenvalue weighted by Crippen LogP contribution is 2.35. The van der Waals surface area contributed by atoms with Gasteiger partial charge in [-0.25, -0.2) is 0 Å². The first-order chi connectivity index (χ1) is 14.9. The van der Waals surface area contributed by atoms with Gasteiger partial charge in [-0.2, -0.15) is 0 Å². The summed E-state index contributed by atoms with van der Waals surface area (Å²) in [5.74, 6) is -1.21. The predicted molar refractivity (Wildman–Crippen MR) is 114 cm³/mol. The van der Waals surface area contributed by atoms with E-state index >= 15 is 0 Å². The second-order valence-corrected chi connectivity index (χ2v) is 8.29. The van der Waals surface area contributed by atoms with Crippen LogP contribution in [0.15, 0.2) is 47.3 Å². The van der Waals surface area contributed by atoms with Gasteiger partial charge in [0, 0.05) is 37.7 Å². The number of carbonyl (C=O) groups is 3. The first-order valence-corrected chi connectivity index (χ1v) is 10.5. The number of rotatable bonds is 6. The highest BCUT2D eigenvalue weighted by atomic mass is 16.4. The number of hydrogen-bond donors (Lipinski definition) is 2. The third-order valence-electron chi connectivity index (χ3n) is 5.99. The monoisotopic (exact) mass is 423 g/mol. The zero-order valence-electron chi connectivity index (χ0n) is 17.1. The number of anilines is 1. The zero-order valence-corrected chi connectivity index (χ0v) is 17.1. The number of hydrogen-bond acceptors (Lipinski definition) is 4. The highest BCUT2D eigenvalue weighted by Gasteiger charge is 2.36. The number of carboxylic acids is 1. The van der Waals surface area contributed by atoms with Gasteiger partial charge in [0.15, 0.2) is 0 Å². The van der Waals surface area contributed by atoms with Crippen molar-refractivity contribution < 1.29 is 19.5 Å². The SMILES string of the molecule is O=C(O)CCC(=O)N1C[C@@H]2C[C@H](C1)c1ccc(NC(=O)Cc3ccccc3)c(=O)n1C2. The van der Waals surface area contributed by atoms with Crippen molar-refractivity contribution in [3.8, 4) is 0 Å². The van der Waals surface area contributed by atoms with Crippen molar-refractivity contribution in [2.45, 2.75) is 38.1 Å². The lowest BCUT2D eigenvalue weighted by Crippen LogP contribution is -2.49. The number of pyridine rings is 1. The van der Waals surface area contributed by atoms with Gasteiger partial charge in [-0.3, -0.25) is 19.2 Å². The fraction of sp³-hybridized carbons (Fsp3) is 0.391. The Hall–Kier alpha value is -3.42. The number of carbonyl (C=O) groups excluding carboxylic acids is 2. The van der Waals surface area contributed by atoms with Gasteiger partial charge in [-0.1, -0.05) is 30.3 Å². The number of piperidine rings is 1. The van der Waals surface area contributed by atoms with Crippen LogP contribution >= 0.6 is 0 Å². The lowest BCUT2D eigenvalue weighted by molar-refractivity contribution is -0.141. The molecule has 0 radical (unpaired) electrons. The van der Waals surface area contributed by atoms with Crippen LogP contribution in [-0.2, 0) is 27.3 Å². The Bertz CT molecular complexity index is 1060.